The minimum atomic E-state index is -0.410. The summed E-state index contributed by atoms with van der Waals surface area (Å²) in [6.07, 6.45) is 0. The number of halogens is 1. The van der Waals surface area contributed by atoms with Crippen molar-refractivity contribution in [3.05, 3.63) is 65.0 Å². The van der Waals surface area contributed by atoms with Crippen LogP contribution in [0.3, 0.4) is 0 Å². The van der Waals surface area contributed by atoms with Crippen molar-refractivity contribution in [1.82, 2.24) is 0 Å². The predicted octanol–water partition coefficient (Wildman–Crippen LogP) is 2.73. The molecule has 0 saturated heterocycles. The molecule has 0 heterocycles. The van der Waals surface area contributed by atoms with Crippen LogP contribution in [0.4, 0.5) is 10.1 Å². The lowest BCUT2D eigenvalue weighted by atomic mass is 10.0. The monoisotopic (exact) mass is 283 g/mol. The fourth-order valence-corrected chi connectivity index (χ4v) is 1.92. The van der Waals surface area contributed by atoms with Crippen LogP contribution in [0.1, 0.15) is 21.5 Å². The normalized spacial score (nSPS) is 9.67. The van der Waals surface area contributed by atoms with Gasteiger partial charge < -0.3 is 10.4 Å². The number of aliphatic hydroxyl groups excluding tert-OH is 1. The van der Waals surface area contributed by atoms with Gasteiger partial charge in [0.25, 0.3) is 5.91 Å². The molecule has 21 heavy (non-hydrogen) atoms. The summed E-state index contributed by atoms with van der Waals surface area (Å²) in [6.45, 7) is 1.54. The smallest absolute Gasteiger partial charge is 0.255 e. The van der Waals surface area contributed by atoms with E-state index in [2.05, 4.69) is 17.2 Å². The van der Waals surface area contributed by atoms with E-state index in [0.717, 1.165) is 0 Å². The summed E-state index contributed by atoms with van der Waals surface area (Å²) in [5.74, 6) is 4.61. The highest BCUT2D eigenvalue weighted by Gasteiger charge is 2.11. The molecule has 0 spiro atoms. The topological polar surface area (TPSA) is 49.3 Å². The third-order valence-electron chi connectivity index (χ3n) is 2.96. The first-order chi connectivity index (χ1) is 10.1. The lowest BCUT2D eigenvalue weighted by molar-refractivity contribution is 0.102. The maximum atomic E-state index is 13.1. The molecular weight excluding hydrogens is 269 g/mol. The molecule has 2 aromatic carbocycles. The molecule has 0 unspecified atom stereocenters. The molecule has 0 atom stereocenters. The van der Waals surface area contributed by atoms with Crippen LogP contribution in [0.5, 0.6) is 0 Å². The summed E-state index contributed by atoms with van der Waals surface area (Å²) in [4.78, 5) is 12.2. The Hall–Kier alpha value is -2.64. The molecule has 2 N–H and O–H groups in total. The van der Waals surface area contributed by atoms with Crippen LogP contribution in [0.2, 0.25) is 0 Å². The predicted molar refractivity (Wildman–Crippen MR) is 79.5 cm³/mol. The van der Waals surface area contributed by atoms with E-state index in [1.807, 2.05) is 0 Å². The summed E-state index contributed by atoms with van der Waals surface area (Å²) in [5.41, 5.74) is 2.25. The number of anilines is 1. The van der Waals surface area contributed by atoms with Crippen molar-refractivity contribution < 1.29 is 14.3 Å². The molecule has 2 rings (SSSR count). The van der Waals surface area contributed by atoms with Gasteiger partial charge in [-0.3, -0.25) is 4.79 Å². The molecule has 0 bridgehead atoms. The fraction of sp³-hybridized carbons (Fsp3) is 0.118. The third kappa shape index (κ3) is 3.68. The number of amides is 1. The van der Waals surface area contributed by atoms with E-state index in [1.165, 1.54) is 18.2 Å². The molecule has 4 heteroatoms. The van der Waals surface area contributed by atoms with Gasteiger partial charge in [0, 0.05) is 16.8 Å². The Kier molecular flexibility index (Phi) is 4.70. The fourth-order valence-electron chi connectivity index (χ4n) is 1.92. The Morgan fingerprint density at radius 1 is 1.29 bits per heavy atom. The molecule has 0 saturated carbocycles. The molecule has 0 aliphatic rings. The SMILES string of the molecule is Cc1c(C#CCO)cccc1C(=O)Nc1cccc(F)c1. The van der Waals surface area contributed by atoms with Gasteiger partial charge in [-0.2, -0.15) is 0 Å². The van der Waals surface area contributed by atoms with Crippen LogP contribution >= 0.6 is 0 Å². The van der Waals surface area contributed by atoms with Gasteiger partial charge in [0.2, 0.25) is 0 Å². The Morgan fingerprint density at radius 2 is 2.05 bits per heavy atom. The highest BCUT2D eigenvalue weighted by Crippen LogP contribution is 2.16. The Labute approximate surface area is 122 Å². The second kappa shape index (κ2) is 6.69. The Morgan fingerprint density at radius 3 is 2.76 bits per heavy atom. The van der Waals surface area contributed by atoms with E-state index in [1.54, 1.807) is 31.2 Å². The molecular formula is C17H14FNO2. The lowest BCUT2D eigenvalue weighted by Crippen LogP contribution is -2.14. The lowest BCUT2D eigenvalue weighted by Gasteiger charge is -2.09. The standard InChI is InChI=1S/C17H14FNO2/c1-12-13(6-4-10-20)5-2-9-16(12)17(21)19-15-8-3-7-14(18)11-15/h2-3,5,7-9,11,20H,10H2,1H3,(H,19,21). The van der Waals surface area contributed by atoms with Crippen molar-refractivity contribution in [1.29, 1.82) is 0 Å². The zero-order chi connectivity index (χ0) is 15.2. The summed E-state index contributed by atoms with van der Waals surface area (Å²) in [7, 11) is 0. The minimum absolute atomic E-state index is 0.237. The van der Waals surface area contributed by atoms with Crippen molar-refractivity contribution in [3.63, 3.8) is 0 Å². The van der Waals surface area contributed by atoms with Crippen molar-refractivity contribution in [3.8, 4) is 11.8 Å². The number of carbonyl (C=O) groups excluding carboxylic acids is 1. The van der Waals surface area contributed by atoms with Gasteiger partial charge in [0.1, 0.15) is 12.4 Å². The van der Waals surface area contributed by atoms with E-state index in [-0.39, 0.29) is 12.5 Å². The molecule has 0 radical (unpaired) electrons. The maximum absolute atomic E-state index is 13.1. The first-order valence-electron chi connectivity index (χ1n) is 6.38. The average Bonchev–Trinajstić information content (AvgIpc) is 2.46. The summed E-state index contributed by atoms with van der Waals surface area (Å²) in [5, 5.41) is 11.4. The van der Waals surface area contributed by atoms with Crippen molar-refractivity contribution in [2.45, 2.75) is 6.92 Å². The number of hydrogen-bond donors (Lipinski definition) is 2. The van der Waals surface area contributed by atoms with Gasteiger partial charge in [0.15, 0.2) is 0 Å². The van der Waals surface area contributed by atoms with Crippen LogP contribution in [-0.4, -0.2) is 17.6 Å². The Balaban J connectivity index is 2.27. The van der Waals surface area contributed by atoms with Gasteiger partial charge in [-0.15, -0.1) is 0 Å². The highest BCUT2D eigenvalue weighted by atomic mass is 19.1. The molecule has 2 aromatic rings. The first-order valence-corrected chi connectivity index (χ1v) is 6.38. The molecule has 0 aromatic heterocycles. The first kappa shape index (κ1) is 14.8. The molecule has 1 amide bonds. The number of hydrogen-bond acceptors (Lipinski definition) is 2. The van der Waals surface area contributed by atoms with Crippen LogP contribution < -0.4 is 5.32 Å². The van der Waals surface area contributed by atoms with Crippen molar-refractivity contribution >= 4 is 11.6 Å². The number of rotatable bonds is 2. The zero-order valence-corrected chi connectivity index (χ0v) is 11.5. The number of nitrogens with one attached hydrogen (secondary N) is 1. The van der Waals surface area contributed by atoms with Crippen LogP contribution in [0.25, 0.3) is 0 Å². The molecule has 0 aliphatic carbocycles. The quantitative estimate of drug-likeness (QED) is 0.833. The van der Waals surface area contributed by atoms with E-state index >= 15 is 0 Å². The van der Waals surface area contributed by atoms with Crippen LogP contribution in [0.15, 0.2) is 42.5 Å². The minimum Gasteiger partial charge on any atom is -0.384 e. The van der Waals surface area contributed by atoms with Gasteiger partial charge >= 0.3 is 0 Å². The molecule has 3 nitrogen and oxygen atoms in total. The average molecular weight is 283 g/mol. The second-order valence-electron chi connectivity index (χ2n) is 4.40. The summed E-state index contributed by atoms with van der Waals surface area (Å²) < 4.78 is 13.1. The second-order valence-corrected chi connectivity index (χ2v) is 4.40. The summed E-state index contributed by atoms with van der Waals surface area (Å²) in [6, 6.07) is 10.9. The Bertz CT molecular complexity index is 729. The number of benzene rings is 2. The maximum Gasteiger partial charge on any atom is 0.255 e. The highest BCUT2D eigenvalue weighted by molar-refractivity contribution is 6.05. The van der Waals surface area contributed by atoms with E-state index in [4.69, 9.17) is 5.11 Å². The van der Waals surface area contributed by atoms with Crippen molar-refractivity contribution in [2.75, 3.05) is 11.9 Å². The van der Waals surface area contributed by atoms with Crippen LogP contribution in [0, 0.1) is 24.6 Å². The van der Waals surface area contributed by atoms with Crippen molar-refractivity contribution in [2.24, 2.45) is 0 Å². The van der Waals surface area contributed by atoms with Gasteiger partial charge in [-0.25, -0.2) is 4.39 Å². The molecule has 106 valence electrons. The summed E-state index contributed by atoms with van der Waals surface area (Å²) >= 11 is 0. The molecule has 0 fully saturated rings. The van der Waals surface area contributed by atoms with E-state index in [0.29, 0.717) is 22.4 Å². The zero-order valence-electron chi connectivity index (χ0n) is 11.5. The largest absolute Gasteiger partial charge is 0.384 e. The number of carbonyl (C=O) groups is 1. The van der Waals surface area contributed by atoms with Crippen LogP contribution in [-0.2, 0) is 0 Å². The van der Waals surface area contributed by atoms with Gasteiger partial charge in [-0.1, -0.05) is 24.0 Å². The molecule has 0 aliphatic heterocycles. The van der Waals surface area contributed by atoms with E-state index < -0.39 is 5.82 Å². The van der Waals surface area contributed by atoms with E-state index in [9.17, 15) is 9.18 Å². The van der Waals surface area contributed by atoms with Gasteiger partial charge in [-0.05, 0) is 42.8 Å². The third-order valence-corrected chi connectivity index (χ3v) is 2.96. The number of aliphatic hydroxyl groups is 1. The van der Waals surface area contributed by atoms with Gasteiger partial charge in [0.05, 0.1) is 0 Å².